The lowest BCUT2D eigenvalue weighted by atomic mass is 10.1. The Balaban J connectivity index is 2.75. The van der Waals surface area contributed by atoms with E-state index in [2.05, 4.69) is 0 Å². The van der Waals surface area contributed by atoms with Crippen LogP contribution in [0, 0.1) is 5.41 Å². The summed E-state index contributed by atoms with van der Waals surface area (Å²) < 4.78 is 5.19. The highest BCUT2D eigenvalue weighted by molar-refractivity contribution is 6.41. The molecular formula is C12H15NO2. The maximum absolute atomic E-state index is 11.7. The SMILES string of the molecule is CC(C)(C)OC(=N)C(=O)c1ccccc1. The van der Waals surface area contributed by atoms with Gasteiger partial charge in [-0.1, -0.05) is 30.3 Å². The van der Waals surface area contributed by atoms with Crippen molar-refractivity contribution >= 4 is 11.7 Å². The predicted octanol–water partition coefficient (Wildman–Crippen LogP) is 2.66. The van der Waals surface area contributed by atoms with Crippen molar-refractivity contribution in [1.82, 2.24) is 0 Å². The number of hydrogen-bond donors (Lipinski definition) is 1. The van der Waals surface area contributed by atoms with Crippen molar-refractivity contribution in [2.24, 2.45) is 0 Å². The lowest BCUT2D eigenvalue weighted by Gasteiger charge is -2.20. The van der Waals surface area contributed by atoms with Crippen LogP contribution in [-0.2, 0) is 4.74 Å². The molecule has 15 heavy (non-hydrogen) atoms. The zero-order chi connectivity index (χ0) is 11.5. The Bertz CT molecular complexity index is 363. The van der Waals surface area contributed by atoms with Crippen LogP contribution >= 0.6 is 0 Å². The first-order valence-corrected chi connectivity index (χ1v) is 4.77. The standard InChI is InChI=1S/C12H15NO2/c1-12(2,3)15-11(13)10(14)9-7-5-4-6-8-9/h4-8,13H,1-3H3. The minimum Gasteiger partial charge on any atom is -0.470 e. The number of nitrogens with one attached hydrogen (secondary N) is 1. The highest BCUT2D eigenvalue weighted by Gasteiger charge is 2.20. The predicted molar refractivity (Wildman–Crippen MR) is 59.3 cm³/mol. The molecule has 1 aromatic carbocycles. The van der Waals surface area contributed by atoms with Gasteiger partial charge in [-0.3, -0.25) is 10.2 Å². The molecule has 0 spiro atoms. The van der Waals surface area contributed by atoms with Crippen LogP contribution in [0.25, 0.3) is 0 Å². The van der Waals surface area contributed by atoms with E-state index >= 15 is 0 Å². The molecule has 0 atom stereocenters. The Morgan fingerprint density at radius 3 is 2.20 bits per heavy atom. The van der Waals surface area contributed by atoms with E-state index in [9.17, 15) is 4.79 Å². The van der Waals surface area contributed by atoms with Gasteiger partial charge in [-0.25, -0.2) is 0 Å². The van der Waals surface area contributed by atoms with E-state index in [0.29, 0.717) is 5.56 Å². The summed E-state index contributed by atoms with van der Waals surface area (Å²) in [5.41, 5.74) is -0.0339. The molecule has 1 rings (SSSR count). The molecule has 3 nitrogen and oxygen atoms in total. The van der Waals surface area contributed by atoms with Gasteiger partial charge in [0, 0.05) is 5.56 Å². The minimum atomic E-state index is -0.512. The Hall–Kier alpha value is -1.64. The molecule has 80 valence electrons. The van der Waals surface area contributed by atoms with Gasteiger partial charge in [0.05, 0.1) is 0 Å². The normalized spacial score (nSPS) is 10.9. The third-order valence-electron chi connectivity index (χ3n) is 1.65. The molecule has 0 aliphatic heterocycles. The second-order valence-electron chi connectivity index (χ2n) is 4.24. The van der Waals surface area contributed by atoms with Gasteiger partial charge in [0.1, 0.15) is 5.60 Å². The zero-order valence-electron chi connectivity index (χ0n) is 9.20. The van der Waals surface area contributed by atoms with E-state index in [-0.39, 0.29) is 11.7 Å². The number of Topliss-reactive ketones (excluding diaryl/α,β-unsaturated/α-hetero) is 1. The molecule has 0 aliphatic carbocycles. The highest BCUT2D eigenvalue weighted by atomic mass is 16.5. The smallest absolute Gasteiger partial charge is 0.256 e. The fraction of sp³-hybridized carbons (Fsp3) is 0.333. The zero-order valence-corrected chi connectivity index (χ0v) is 9.20. The average Bonchev–Trinajstić information content (AvgIpc) is 2.15. The quantitative estimate of drug-likeness (QED) is 0.458. The average molecular weight is 205 g/mol. The molecule has 0 amide bonds. The van der Waals surface area contributed by atoms with E-state index in [1.165, 1.54) is 0 Å². The van der Waals surface area contributed by atoms with Crippen molar-refractivity contribution in [3.63, 3.8) is 0 Å². The molecular weight excluding hydrogens is 190 g/mol. The summed E-state index contributed by atoms with van der Waals surface area (Å²) in [4.78, 5) is 11.7. The van der Waals surface area contributed by atoms with E-state index in [4.69, 9.17) is 10.1 Å². The molecule has 0 unspecified atom stereocenters. The van der Waals surface area contributed by atoms with E-state index < -0.39 is 5.60 Å². The first-order chi connectivity index (χ1) is 6.90. The second kappa shape index (κ2) is 4.26. The summed E-state index contributed by atoms with van der Waals surface area (Å²) in [6.07, 6.45) is 0. The van der Waals surface area contributed by atoms with Gasteiger partial charge in [-0.2, -0.15) is 0 Å². The number of rotatable bonds is 2. The number of ether oxygens (including phenoxy) is 1. The summed E-state index contributed by atoms with van der Waals surface area (Å²) in [6, 6.07) is 8.69. The fourth-order valence-corrected chi connectivity index (χ4v) is 1.07. The monoisotopic (exact) mass is 205 g/mol. The third kappa shape index (κ3) is 3.54. The van der Waals surface area contributed by atoms with E-state index in [1.807, 2.05) is 6.07 Å². The van der Waals surface area contributed by atoms with Crippen LogP contribution in [0.1, 0.15) is 31.1 Å². The largest absolute Gasteiger partial charge is 0.470 e. The molecule has 3 heteroatoms. The summed E-state index contributed by atoms with van der Waals surface area (Å²) >= 11 is 0. The van der Waals surface area contributed by atoms with Crippen LogP contribution in [-0.4, -0.2) is 17.3 Å². The molecule has 0 saturated heterocycles. The fourth-order valence-electron chi connectivity index (χ4n) is 1.07. The molecule has 0 aliphatic rings. The van der Waals surface area contributed by atoms with Crippen molar-refractivity contribution in [2.45, 2.75) is 26.4 Å². The number of benzene rings is 1. The van der Waals surface area contributed by atoms with Crippen molar-refractivity contribution in [3.05, 3.63) is 35.9 Å². The molecule has 0 heterocycles. The lowest BCUT2D eigenvalue weighted by Crippen LogP contribution is -2.28. The van der Waals surface area contributed by atoms with Crippen LogP contribution < -0.4 is 0 Å². The molecule has 1 aromatic rings. The summed E-state index contributed by atoms with van der Waals surface area (Å²) in [7, 11) is 0. The van der Waals surface area contributed by atoms with Crippen LogP contribution in [0.2, 0.25) is 0 Å². The summed E-state index contributed by atoms with van der Waals surface area (Å²) in [5.74, 6) is -0.695. The Kier molecular flexibility index (Phi) is 3.24. The number of carbonyl (C=O) groups is 1. The first kappa shape index (κ1) is 11.4. The topological polar surface area (TPSA) is 50.1 Å². The first-order valence-electron chi connectivity index (χ1n) is 4.77. The summed E-state index contributed by atoms with van der Waals surface area (Å²) in [5, 5.41) is 7.52. The number of hydrogen-bond acceptors (Lipinski definition) is 3. The van der Waals surface area contributed by atoms with Crippen molar-refractivity contribution < 1.29 is 9.53 Å². The van der Waals surface area contributed by atoms with Crippen LogP contribution in [0.3, 0.4) is 0 Å². The van der Waals surface area contributed by atoms with E-state index in [0.717, 1.165) is 0 Å². The lowest BCUT2D eigenvalue weighted by molar-refractivity contribution is 0.0863. The van der Waals surface area contributed by atoms with Gasteiger partial charge < -0.3 is 4.74 Å². The third-order valence-corrected chi connectivity index (χ3v) is 1.65. The Morgan fingerprint density at radius 2 is 1.73 bits per heavy atom. The maximum Gasteiger partial charge on any atom is 0.256 e. The van der Waals surface area contributed by atoms with Crippen LogP contribution in [0.5, 0.6) is 0 Å². The van der Waals surface area contributed by atoms with Crippen molar-refractivity contribution in [3.8, 4) is 0 Å². The van der Waals surface area contributed by atoms with Crippen LogP contribution in [0.15, 0.2) is 30.3 Å². The van der Waals surface area contributed by atoms with Gasteiger partial charge >= 0.3 is 0 Å². The summed E-state index contributed by atoms with van der Waals surface area (Å²) in [6.45, 7) is 5.42. The van der Waals surface area contributed by atoms with Gasteiger partial charge in [-0.15, -0.1) is 0 Å². The molecule has 0 fully saturated rings. The van der Waals surface area contributed by atoms with E-state index in [1.54, 1.807) is 45.0 Å². The van der Waals surface area contributed by atoms with Gasteiger partial charge in [0.15, 0.2) is 0 Å². The number of ketones is 1. The van der Waals surface area contributed by atoms with Gasteiger partial charge in [0.2, 0.25) is 5.78 Å². The van der Waals surface area contributed by atoms with Gasteiger partial charge in [0.25, 0.3) is 5.90 Å². The second-order valence-corrected chi connectivity index (χ2v) is 4.24. The minimum absolute atomic E-state index is 0.311. The van der Waals surface area contributed by atoms with Gasteiger partial charge in [-0.05, 0) is 20.8 Å². The molecule has 0 radical (unpaired) electrons. The molecule has 0 saturated carbocycles. The Morgan fingerprint density at radius 1 is 1.20 bits per heavy atom. The maximum atomic E-state index is 11.7. The molecule has 1 N–H and O–H groups in total. The Labute approximate surface area is 89.6 Å². The van der Waals surface area contributed by atoms with Crippen LogP contribution in [0.4, 0.5) is 0 Å². The number of carbonyl (C=O) groups excluding carboxylic acids is 1. The van der Waals surface area contributed by atoms with Crippen molar-refractivity contribution in [2.75, 3.05) is 0 Å². The molecule has 0 aromatic heterocycles. The van der Waals surface area contributed by atoms with Crippen molar-refractivity contribution in [1.29, 1.82) is 5.41 Å². The highest BCUT2D eigenvalue weighted by Crippen LogP contribution is 2.10. The molecule has 0 bridgehead atoms.